The number of amidine groups is 1. The number of carbonyl (C=O) groups is 2. The molecule has 2 aliphatic heterocycles. The topological polar surface area (TPSA) is 83.5 Å². The van der Waals surface area contributed by atoms with Crippen molar-refractivity contribution in [2.45, 2.75) is 6.42 Å². The number of hydrazone groups is 1. The van der Waals surface area contributed by atoms with E-state index >= 15 is 0 Å². The van der Waals surface area contributed by atoms with Crippen LogP contribution in [0.3, 0.4) is 0 Å². The fraction of sp³-hybridized carbons (Fsp3) is 0.471. The van der Waals surface area contributed by atoms with Gasteiger partial charge in [-0.1, -0.05) is 23.2 Å². The smallest absolute Gasteiger partial charge is 0.248 e. The summed E-state index contributed by atoms with van der Waals surface area (Å²) in [5, 5.41) is 9.54. The molecule has 0 radical (unpaired) electrons. The van der Waals surface area contributed by atoms with Crippen LogP contribution < -0.4 is 10.3 Å². The predicted octanol–water partition coefficient (Wildman–Crippen LogP) is 1.75. The Kier molecular flexibility index (Phi) is 8.80. The normalized spacial score (nSPS) is 16.3. The van der Waals surface area contributed by atoms with E-state index < -0.39 is 0 Å². The van der Waals surface area contributed by atoms with E-state index in [4.69, 9.17) is 32.7 Å². The summed E-state index contributed by atoms with van der Waals surface area (Å²) in [6.07, 6.45) is 1.33. The highest BCUT2D eigenvalue weighted by Crippen LogP contribution is 2.28. The summed E-state index contributed by atoms with van der Waals surface area (Å²) < 4.78 is 9.82. The van der Waals surface area contributed by atoms with Crippen molar-refractivity contribution in [1.29, 1.82) is 0 Å². The molecule has 2 aliphatic rings. The Balaban J connectivity index is 0.000000208. The predicted molar refractivity (Wildman–Crippen MR) is 104 cm³/mol. The molecular weight excluding hydrogens is 395 g/mol. The first kappa shape index (κ1) is 21.4. The summed E-state index contributed by atoms with van der Waals surface area (Å²) in [5.41, 5.74) is 0.858. The number of halogens is 2. The Morgan fingerprint density at radius 2 is 2.04 bits per heavy atom. The molecule has 0 spiro atoms. The third-order valence-corrected chi connectivity index (χ3v) is 4.60. The van der Waals surface area contributed by atoms with Gasteiger partial charge in [0.25, 0.3) is 0 Å². The largest absolute Gasteiger partial charge is 0.378 e. The second-order valence-corrected chi connectivity index (χ2v) is 6.52. The Bertz CT molecular complexity index is 681. The van der Waals surface area contributed by atoms with E-state index in [0.29, 0.717) is 61.6 Å². The van der Waals surface area contributed by atoms with Gasteiger partial charge in [-0.25, -0.2) is 0 Å². The number of amides is 2. The standard InChI is InChI=1S/C10H9Cl2N3O.C7H13NO3/c11-8-2-1-7(5-9(8)12)15-4-3-10(14-15)13-6-16;1-10-6-7(9)8-2-4-11-5-3-8/h1-2,5-6H,3-4H2,(H,13,14,16);2-6H2,1H3. The maximum Gasteiger partial charge on any atom is 0.248 e. The summed E-state index contributed by atoms with van der Waals surface area (Å²) in [6.45, 7) is 3.59. The molecule has 0 saturated carbocycles. The summed E-state index contributed by atoms with van der Waals surface area (Å²) in [7, 11) is 1.53. The first-order valence-electron chi connectivity index (χ1n) is 8.40. The Morgan fingerprint density at radius 1 is 1.30 bits per heavy atom. The molecular formula is C17H22Cl2N4O4. The van der Waals surface area contributed by atoms with Crippen LogP contribution in [-0.2, 0) is 19.1 Å². The molecule has 0 atom stereocenters. The van der Waals surface area contributed by atoms with Crippen molar-refractivity contribution in [3.8, 4) is 0 Å². The first-order chi connectivity index (χ1) is 13.0. The summed E-state index contributed by atoms with van der Waals surface area (Å²) in [4.78, 5) is 23.2. The lowest BCUT2D eigenvalue weighted by Crippen LogP contribution is -2.42. The Hall–Kier alpha value is -1.87. The van der Waals surface area contributed by atoms with Crippen molar-refractivity contribution >= 4 is 47.0 Å². The van der Waals surface area contributed by atoms with Crippen LogP contribution in [0, 0.1) is 0 Å². The lowest BCUT2D eigenvalue weighted by molar-refractivity contribution is -0.139. The van der Waals surface area contributed by atoms with Crippen LogP contribution in [0.15, 0.2) is 23.3 Å². The lowest BCUT2D eigenvalue weighted by atomic mass is 10.3. The maximum absolute atomic E-state index is 11.1. The average molecular weight is 417 g/mol. The van der Waals surface area contributed by atoms with Crippen LogP contribution in [0.25, 0.3) is 0 Å². The number of morpholine rings is 1. The zero-order valence-electron chi connectivity index (χ0n) is 15.0. The molecule has 1 aromatic carbocycles. The van der Waals surface area contributed by atoms with E-state index in [0.717, 1.165) is 5.69 Å². The SMILES string of the molecule is COCC(=O)N1CCOCC1.O=CNC1=NN(c2ccc(Cl)c(Cl)c2)CC1. The Morgan fingerprint density at radius 3 is 2.67 bits per heavy atom. The highest BCUT2D eigenvalue weighted by Gasteiger charge is 2.16. The first-order valence-corrected chi connectivity index (χ1v) is 9.15. The quantitative estimate of drug-likeness (QED) is 0.755. The molecule has 1 N–H and O–H groups in total. The number of benzene rings is 1. The van der Waals surface area contributed by atoms with Gasteiger partial charge < -0.3 is 19.7 Å². The van der Waals surface area contributed by atoms with Gasteiger partial charge in [-0.15, -0.1) is 0 Å². The molecule has 0 bridgehead atoms. The second-order valence-electron chi connectivity index (χ2n) is 5.71. The molecule has 1 aromatic rings. The van der Waals surface area contributed by atoms with Gasteiger partial charge in [0.05, 0.1) is 28.9 Å². The molecule has 148 valence electrons. The van der Waals surface area contributed by atoms with Gasteiger partial charge in [0.2, 0.25) is 12.3 Å². The molecule has 1 saturated heterocycles. The number of nitrogens with zero attached hydrogens (tertiary/aromatic N) is 3. The van der Waals surface area contributed by atoms with Crippen molar-refractivity contribution in [1.82, 2.24) is 10.2 Å². The lowest BCUT2D eigenvalue weighted by Gasteiger charge is -2.26. The van der Waals surface area contributed by atoms with E-state index in [9.17, 15) is 9.59 Å². The summed E-state index contributed by atoms with van der Waals surface area (Å²) in [6, 6.07) is 5.30. The molecule has 1 fully saturated rings. The van der Waals surface area contributed by atoms with E-state index in [1.54, 1.807) is 22.0 Å². The second kappa shape index (κ2) is 11.1. The van der Waals surface area contributed by atoms with E-state index in [1.807, 2.05) is 6.07 Å². The van der Waals surface area contributed by atoms with Gasteiger partial charge in [-0.3, -0.25) is 14.6 Å². The fourth-order valence-electron chi connectivity index (χ4n) is 2.49. The highest BCUT2D eigenvalue weighted by atomic mass is 35.5. The summed E-state index contributed by atoms with van der Waals surface area (Å²) >= 11 is 11.7. The van der Waals surface area contributed by atoms with Crippen molar-refractivity contribution < 1.29 is 19.1 Å². The Labute approximate surface area is 168 Å². The number of ether oxygens (including phenoxy) is 2. The number of anilines is 1. The number of hydrogen-bond donors (Lipinski definition) is 1. The van der Waals surface area contributed by atoms with Crippen molar-refractivity contribution in [2.24, 2.45) is 5.10 Å². The van der Waals surface area contributed by atoms with E-state index in [-0.39, 0.29) is 12.5 Å². The third-order valence-electron chi connectivity index (χ3n) is 3.86. The van der Waals surface area contributed by atoms with Crippen LogP contribution in [0.2, 0.25) is 10.0 Å². The van der Waals surface area contributed by atoms with Crippen molar-refractivity contribution in [3.63, 3.8) is 0 Å². The molecule has 2 heterocycles. The van der Waals surface area contributed by atoms with Crippen molar-refractivity contribution in [3.05, 3.63) is 28.2 Å². The molecule has 8 nitrogen and oxygen atoms in total. The molecule has 3 rings (SSSR count). The van der Waals surface area contributed by atoms with E-state index in [2.05, 4.69) is 10.4 Å². The molecule has 27 heavy (non-hydrogen) atoms. The van der Waals surface area contributed by atoms with Crippen LogP contribution in [0.5, 0.6) is 0 Å². The molecule has 0 unspecified atom stereocenters. The summed E-state index contributed by atoms with van der Waals surface area (Å²) in [5.74, 6) is 0.705. The minimum absolute atomic E-state index is 0.0517. The number of methoxy groups -OCH3 is 1. The minimum Gasteiger partial charge on any atom is -0.378 e. The molecule has 0 aromatic heterocycles. The minimum atomic E-state index is 0.0517. The molecule has 0 aliphatic carbocycles. The van der Waals surface area contributed by atoms with E-state index in [1.165, 1.54) is 7.11 Å². The number of carbonyl (C=O) groups excluding carboxylic acids is 2. The van der Waals surface area contributed by atoms with Gasteiger partial charge >= 0.3 is 0 Å². The van der Waals surface area contributed by atoms with Crippen LogP contribution in [0.4, 0.5) is 5.69 Å². The third kappa shape index (κ3) is 6.66. The van der Waals surface area contributed by atoms with Crippen LogP contribution >= 0.6 is 23.2 Å². The molecule has 10 heteroatoms. The number of nitrogens with one attached hydrogen (secondary N) is 1. The average Bonchev–Trinajstić information content (AvgIpc) is 3.14. The highest BCUT2D eigenvalue weighted by molar-refractivity contribution is 6.42. The van der Waals surface area contributed by atoms with Gasteiger partial charge in [-0.05, 0) is 18.2 Å². The number of rotatable bonds is 4. The monoisotopic (exact) mass is 416 g/mol. The number of hydrogen-bond acceptors (Lipinski definition) is 6. The molecule has 2 amide bonds. The maximum atomic E-state index is 11.1. The van der Waals surface area contributed by atoms with Gasteiger partial charge in [0.1, 0.15) is 12.4 Å². The zero-order valence-corrected chi connectivity index (χ0v) is 16.5. The fourth-order valence-corrected chi connectivity index (χ4v) is 2.78. The van der Waals surface area contributed by atoms with Crippen LogP contribution in [-0.4, -0.2) is 69.6 Å². The van der Waals surface area contributed by atoms with Crippen LogP contribution in [0.1, 0.15) is 6.42 Å². The zero-order chi connectivity index (χ0) is 19.6. The van der Waals surface area contributed by atoms with Gasteiger partial charge in [0.15, 0.2) is 0 Å². The van der Waals surface area contributed by atoms with Crippen molar-refractivity contribution in [2.75, 3.05) is 51.6 Å². The van der Waals surface area contributed by atoms with Gasteiger partial charge in [0, 0.05) is 33.2 Å². The van der Waals surface area contributed by atoms with Gasteiger partial charge in [-0.2, -0.15) is 5.10 Å².